The van der Waals surface area contributed by atoms with Gasteiger partial charge >= 0.3 is 5.97 Å². The van der Waals surface area contributed by atoms with Crippen LogP contribution in [-0.2, 0) is 22.0 Å². The molecule has 0 atom stereocenters. The number of benzene rings is 1. The first-order valence-corrected chi connectivity index (χ1v) is 8.58. The number of ether oxygens (including phenoxy) is 1. The maximum atomic E-state index is 12.2. The fourth-order valence-corrected chi connectivity index (χ4v) is 2.61. The van der Waals surface area contributed by atoms with Gasteiger partial charge in [0.2, 0.25) is 0 Å². The largest absolute Gasteiger partial charge is 0.454 e. The normalized spacial score (nSPS) is 11.8. The van der Waals surface area contributed by atoms with Crippen LogP contribution in [0.5, 0.6) is 0 Å². The summed E-state index contributed by atoms with van der Waals surface area (Å²) in [6.45, 7) is 9.87. The summed E-state index contributed by atoms with van der Waals surface area (Å²) in [6, 6.07) is 7.41. The van der Waals surface area contributed by atoms with Crippen molar-refractivity contribution in [2.24, 2.45) is 7.05 Å². The van der Waals surface area contributed by atoms with Crippen LogP contribution in [0.1, 0.15) is 53.6 Å². The van der Waals surface area contributed by atoms with Gasteiger partial charge in [0.25, 0.3) is 0 Å². The number of aryl methyl sites for hydroxylation is 2. The Labute approximate surface area is 154 Å². The molecule has 0 aliphatic rings. The standard InChI is InChI=1S/C21H26N2O3/c1-14-18(15(2)23(6)22-14)11-12-20(25)26-13-19(24)16-7-9-17(10-8-16)21(3,4)5/h7-12H,13H2,1-6H3/b12-11+. The number of carbonyl (C=O) groups is 2. The monoisotopic (exact) mass is 354 g/mol. The number of hydrogen-bond acceptors (Lipinski definition) is 4. The summed E-state index contributed by atoms with van der Waals surface area (Å²) in [4.78, 5) is 24.1. The Hall–Kier alpha value is -2.69. The van der Waals surface area contributed by atoms with E-state index in [1.54, 1.807) is 22.9 Å². The number of aromatic nitrogens is 2. The summed E-state index contributed by atoms with van der Waals surface area (Å²) >= 11 is 0. The lowest BCUT2D eigenvalue weighted by Gasteiger charge is -2.18. The number of esters is 1. The van der Waals surface area contributed by atoms with E-state index in [1.807, 2.05) is 33.0 Å². The van der Waals surface area contributed by atoms with Crippen molar-refractivity contribution in [1.29, 1.82) is 0 Å². The van der Waals surface area contributed by atoms with Gasteiger partial charge in [-0.1, -0.05) is 45.0 Å². The predicted octanol–water partition coefficient (Wildman–Crippen LogP) is 3.77. The minimum atomic E-state index is -0.549. The van der Waals surface area contributed by atoms with Crippen molar-refractivity contribution in [3.63, 3.8) is 0 Å². The van der Waals surface area contributed by atoms with E-state index < -0.39 is 5.97 Å². The first-order chi connectivity index (χ1) is 12.1. The minimum absolute atomic E-state index is 0.0292. The average molecular weight is 354 g/mol. The van der Waals surface area contributed by atoms with Crippen molar-refractivity contribution >= 4 is 17.8 Å². The van der Waals surface area contributed by atoms with Crippen molar-refractivity contribution < 1.29 is 14.3 Å². The zero-order valence-electron chi connectivity index (χ0n) is 16.3. The highest BCUT2D eigenvalue weighted by Gasteiger charge is 2.15. The van der Waals surface area contributed by atoms with Gasteiger partial charge in [-0.15, -0.1) is 0 Å². The van der Waals surface area contributed by atoms with Crippen LogP contribution in [0.3, 0.4) is 0 Å². The van der Waals surface area contributed by atoms with Gasteiger partial charge in [0, 0.05) is 29.9 Å². The van der Waals surface area contributed by atoms with Crippen molar-refractivity contribution in [3.05, 3.63) is 58.4 Å². The Morgan fingerprint density at radius 2 is 1.77 bits per heavy atom. The van der Waals surface area contributed by atoms with Gasteiger partial charge in [0.1, 0.15) is 0 Å². The maximum absolute atomic E-state index is 12.2. The molecule has 0 unspecified atom stereocenters. The highest BCUT2D eigenvalue weighted by atomic mass is 16.5. The predicted molar refractivity (Wildman–Crippen MR) is 102 cm³/mol. The third-order valence-electron chi connectivity index (χ3n) is 4.37. The Bertz CT molecular complexity index is 837. The molecule has 0 spiro atoms. The van der Waals surface area contributed by atoms with E-state index >= 15 is 0 Å². The number of hydrogen-bond donors (Lipinski definition) is 0. The van der Waals surface area contributed by atoms with Crippen molar-refractivity contribution in [2.45, 2.75) is 40.0 Å². The number of Topliss-reactive ketones (excluding diaryl/α,β-unsaturated/α-hetero) is 1. The zero-order chi connectivity index (χ0) is 19.5. The van der Waals surface area contributed by atoms with Crippen LogP contribution in [0.25, 0.3) is 6.08 Å². The summed E-state index contributed by atoms with van der Waals surface area (Å²) in [5.41, 5.74) is 4.39. The van der Waals surface area contributed by atoms with Gasteiger partial charge in [-0.05, 0) is 30.9 Å². The van der Waals surface area contributed by atoms with Crippen molar-refractivity contribution in [2.75, 3.05) is 6.61 Å². The molecule has 0 bridgehead atoms. The fraction of sp³-hybridized carbons (Fsp3) is 0.381. The molecule has 1 heterocycles. The van der Waals surface area contributed by atoms with Gasteiger partial charge in [0.15, 0.2) is 12.4 Å². The lowest BCUT2D eigenvalue weighted by atomic mass is 9.86. The molecular weight excluding hydrogens is 328 g/mol. The van der Waals surface area contributed by atoms with E-state index in [4.69, 9.17) is 4.74 Å². The summed E-state index contributed by atoms with van der Waals surface area (Å²) in [5.74, 6) is -0.770. The molecule has 0 aliphatic heterocycles. The molecule has 0 N–H and O–H groups in total. The van der Waals surface area contributed by atoms with Gasteiger partial charge in [0.05, 0.1) is 5.69 Å². The summed E-state index contributed by atoms with van der Waals surface area (Å²) < 4.78 is 6.82. The van der Waals surface area contributed by atoms with E-state index in [1.165, 1.54) is 6.08 Å². The van der Waals surface area contributed by atoms with Gasteiger partial charge in [-0.25, -0.2) is 4.79 Å². The molecule has 5 nitrogen and oxygen atoms in total. The number of ketones is 1. The average Bonchev–Trinajstić information content (AvgIpc) is 2.82. The van der Waals surface area contributed by atoms with Crippen LogP contribution in [-0.4, -0.2) is 28.1 Å². The molecule has 0 amide bonds. The molecule has 0 radical (unpaired) electrons. The number of carbonyl (C=O) groups excluding carboxylic acids is 2. The maximum Gasteiger partial charge on any atom is 0.331 e. The van der Waals surface area contributed by atoms with E-state index in [9.17, 15) is 9.59 Å². The molecule has 2 aromatic rings. The van der Waals surface area contributed by atoms with Gasteiger partial charge in [-0.2, -0.15) is 5.10 Å². The Balaban J connectivity index is 1.94. The molecule has 0 fully saturated rings. The fourth-order valence-electron chi connectivity index (χ4n) is 2.61. The number of rotatable bonds is 5. The number of nitrogens with zero attached hydrogens (tertiary/aromatic N) is 2. The van der Waals surface area contributed by atoms with E-state index in [-0.39, 0.29) is 17.8 Å². The summed E-state index contributed by atoms with van der Waals surface area (Å²) in [6.07, 6.45) is 3.00. The van der Waals surface area contributed by atoms with Crippen molar-refractivity contribution in [3.8, 4) is 0 Å². The lowest BCUT2D eigenvalue weighted by Crippen LogP contribution is -2.14. The lowest BCUT2D eigenvalue weighted by molar-refractivity contribution is -0.136. The molecule has 2 rings (SSSR count). The Kier molecular flexibility index (Phi) is 5.80. The molecule has 0 saturated heterocycles. The highest BCUT2D eigenvalue weighted by molar-refractivity contribution is 5.99. The second-order valence-electron chi connectivity index (χ2n) is 7.40. The molecule has 26 heavy (non-hydrogen) atoms. The Morgan fingerprint density at radius 1 is 1.15 bits per heavy atom. The third-order valence-corrected chi connectivity index (χ3v) is 4.37. The smallest absolute Gasteiger partial charge is 0.331 e. The first kappa shape index (κ1) is 19.6. The summed E-state index contributed by atoms with van der Waals surface area (Å²) in [5, 5.41) is 4.29. The van der Waals surface area contributed by atoms with Crippen LogP contribution in [0, 0.1) is 13.8 Å². The molecular formula is C21H26N2O3. The highest BCUT2D eigenvalue weighted by Crippen LogP contribution is 2.22. The SMILES string of the molecule is Cc1nn(C)c(C)c1/C=C/C(=O)OCC(=O)c1ccc(C(C)(C)C)cc1. The van der Waals surface area contributed by atoms with Crippen LogP contribution >= 0.6 is 0 Å². The zero-order valence-corrected chi connectivity index (χ0v) is 16.3. The molecule has 0 saturated carbocycles. The van der Waals surface area contributed by atoms with E-state index in [0.717, 1.165) is 22.5 Å². The first-order valence-electron chi connectivity index (χ1n) is 8.58. The second kappa shape index (κ2) is 7.68. The molecule has 1 aromatic carbocycles. The van der Waals surface area contributed by atoms with Gasteiger partial charge < -0.3 is 4.74 Å². The van der Waals surface area contributed by atoms with Crippen LogP contribution in [0.15, 0.2) is 30.3 Å². The van der Waals surface area contributed by atoms with E-state index in [0.29, 0.717) is 5.56 Å². The molecule has 0 aliphatic carbocycles. The molecule has 138 valence electrons. The van der Waals surface area contributed by atoms with Crippen LogP contribution in [0.2, 0.25) is 0 Å². The minimum Gasteiger partial charge on any atom is -0.454 e. The second-order valence-corrected chi connectivity index (χ2v) is 7.40. The Morgan fingerprint density at radius 3 is 2.27 bits per heavy atom. The van der Waals surface area contributed by atoms with E-state index in [2.05, 4.69) is 25.9 Å². The van der Waals surface area contributed by atoms with Crippen molar-refractivity contribution in [1.82, 2.24) is 9.78 Å². The third kappa shape index (κ3) is 4.69. The topological polar surface area (TPSA) is 61.2 Å². The molecule has 1 aromatic heterocycles. The molecule has 5 heteroatoms. The van der Waals surface area contributed by atoms with Crippen LogP contribution in [0.4, 0.5) is 0 Å². The van der Waals surface area contributed by atoms with Gasteiger partial charge in [-0.3, -0.25) is 9.48 Å². The van der Waals surface area contributed by atoms with Crippen LogP contribution < -0.4 is 0 Å². The quantitative estimate of drug-likeness (QED) is 0.466. The summed E-state index contributed by atoms with van der Waals surface area (Å²) in [7, 11) is 1.85.